The van der Waals surface area contributed by atoms with Crippen molar-refractivity contribution in [3.8, 4) is 0 Å². The monoisotopic (exact) mass is 349 g/mol. The molecule has 0 aliphatic carbocycles. The molecule has 2 rings (SSSR count). The summed E-state index contributed by atoms with van der Waals surface area (Å²) in [6, 6.07) is 2.97. The molecule has 0 aliphatic heterocycles. The Balaban J connectivity index is 2.77. The maximum absolute atomic E-state index is 13.0. The molecule has 0 aromatic carbocycles. The number of carbonyl (C=O) groups excluding carboxylic acids is 1. The average Bonchev–Trinajstić information content (AvgIpc) is 2.76. The summed E-state index contributed by atoms with van der Waals surface area (Å²) < 4.78 is 44.9. The van der Waals surface area contributed by atoms with Gasteiger partial charge in [0.15, 0.2) is 11.3 Å². The van der Waals surface area contributed by atoms with Crippen LogP contribution in [0.25, 0.3) is 5.65 Å². The second kappa shape index (κ2) is 5.59. The van der Waals surface area contributed by atoms with Crippen molar-refractivity contribution in [2.24, 2.45) is 0 Å². The van der Waals surface area contributed by atoms with Gasteiger partial charge in [-0.3, -0.25) is 9.30 Å². The number of anilines is 1. The van der Waals surface area contributed by atoms with Crippen molar-refractivity contribution in [1.29, 1.82) is 0 Å². The first kappa shape index (κ1) is 17.4. The number of aromatic nitrogens is 2. The lowest BCUT2D eigenvalue weighted by atomic mass is 10.1. The van der Waals surface area contributed by atoms with E-state index >= 15 is 0 Å². The quantitative estimate of drug-likeness (QED) is 0.767. The molecule has 9 heteroatoms. The molecule has 23 heavy (non-hydrogen) atoms. The summed E-state index contributed by atoms with van der Waals surface area (Å²) in [5.74, 6) is 0. The van der Waals surface area contributed by atoms with Crippen molar-refractivity contribution in [2.75, 3.05) is 12.0 Å². The van der Waals surface area contributed by atoms with Gasteiger partial charge in [-0.1, -0.05) is 11.6 Å². The molecule has 0 saturated heterocycles. The molecular weight excluding hydrogens is 335 g/mol. The summed E-state index contributed by atoms with van der Waals surface area (Å²) in [6.45, 7) is 5.17. The fraction of sp³-hybridized carbons (Fsp3) is 0.429. The molecule has 0 spiro atoms. The van der Waals surface area contributed by atoms with Gasteiger partial charge < -0.3 is 4.74 Å². The number of ether oxygens (including phenoxy) is 1. The standard InChI is InChI=1S/C14H15ClF3N3O2/c1-13(2,3)21(12(22)23-4)8-6-5-7-20-10(15)9(14(16,17)18)19-11(8)20/h5-7H,1-4H3. The van der Waals surface area contributed by atoms with Gasteiger partial charge >= 0.3 is 12.3 Å². The maximum Gasteiger partial charge on any atom is 0.436 e. The molecule has 0 atom stereocenters. The van der Waals surface area contributed by atoms with Gasteiger partial charge in [-0.25, -0.2) is 9.78 Å². The van der Waals surface area contributed by atoms with Crippen molar-refractivity contribution >= 4 is 29.0 Å². The van der Waals surface area contributed by atoms with Crippen LogP contribution in [-0.4, -0.2) is 28.1 Å². The van der Waals surface area contributed by atoms with Crippen LogP contribution in [-0.2, 0) is 10.9 Å². The second-order valence-corrected chi connectivity index (χ2v) is 6.17. The molecular formula is C14H15ClF3N3O2. The predicted molar refractivity (Wildman–Crippen MR) is 79.8 cm³/mol. The van der Waals surface area contributed by atoms with Crippen LogP contribution in [0, 0.1) is 0 Å². The highest BCUT2D eigenvalue weighted by molar-refractivity contribution is 6.30. The highest BCUT2D eigenvalue weighted by Gasteiger charge is 2.39. The van der Waals surface area contributed by atoms with Gasteiger partial charge in [-0.2, -0.15) is 13.2 Å². The number of pyridine rings is 1. The SMILES string of the molecule is COC(=O)N(c1cccn2c(Cl)c(C(F)(F)F)nc12)C(C)(C)C. The Bertz CT molecular complexity index is 750. The fourth-order valence-electron chi connectivity index (χ4n) is 2.20. The molecule has 0 unspecified atom stereocenters. The predicted octanol–water partition coefficient (Wildman–Crippen LogP) is 4.38. The van der Waals surface area contributed by atoms with E-state index in [0.717, 1.165) is 4.40 Å². The van der Waals surface area contributed by atoms with Crippen LogP contribution in [0.2, 0.25) is 5.15 Å². The van der Waals surface area contributed by atoms with Crippen LogP contribution >= 0.6 is 11.6 Å². The Hall–Kier alpha value is -1.96. The Kier molecular flexibility index (Phi) is 4.23. The summed E-state index contributed by atoms with van der Waals surface area (Å²) in [6.07, 6.45) is -4.06. The smallest absolute Gasteiger partial charge is 0.436 e. The Morgan fingerprint density at radius 1 is 1.35 bits per heavy atom. The highest BCUT2D eigenvalue weighted by atomic mass is 35.5. The lowest BCUT2D eigenvalue weighted by Crippen LogP contribution is -2.46. The minimum absolute atomic E-state index is 0.0786. The molecule has 0 aliphatic rings. The van der Waals surface area contributed by atoms with Crippen LogP contribution in [0.1, 0.15) is 26.5 Å². The summed E-state index contributed by atoms with van der Waals surface area (Å²) in [7, 11) is 1.20. The third kappa shape index (κ3) is 3.08. The number of rotatable bonds is 1. The number of halogens is 4. The van der Waals surface area contributed by atoms with Crippen molar-refractivity contribution in [3.63, 3.8) is 0 Å². The van der Waals surface area contributed by atoms with Gasteiger partial charge in [-0.15, -0.1) is 0 Å². The molecule has 0 saturated carbocycles. The van der Waals surface area contributed by atoms with Gasteiger partial charge in [-0.05, 0) is 32.9 Å². The molecule has 126 valence electrons. The molecule has 5 nitrogen and oxygen atoms in total. The number of methoxy groups -OCH3 is 1. The topological polar surface area (TPSA) is 46.8 Å². The molecule has 0 N–H and O–H groups in total. The van der Waals surface area contributed by atoms with E-state index in [1.807, 2.05) is 0 Å². The zero-order chi connectivity index (χ0) is 17.6. The van der Waals surface area contributed by atoms with Crippen molar-refractivity contribution in [1.82, 2.24) is 9.38 Å². The van der Waals surface area contributed by atoms with E-state index in [2.05, 4.69) is 4.98 Å². The van der Waals surface area contributed by atoms with Gasteiger partial charge in [0.2, 0.25) is 0 Å². The third-order valence-electron chi connectivity index (χ3n) is 3.11. The lowest BCUT2D eigenvalue weighted by Gasteiger charge is -2.34. The first-order valence-corrected chi connectivity index (χ1v) is 6.98. The van der Waals surface area contributed by atoms with E-state index in [9.17, 15) is 18.0 Å². The number of imidazole rings is 1. The van der Waals surface area contributed by atoms with Crippen molar-refractivity contribution in [2.45, 2.75) is 32.5 Å². The zero-order valence-corrected chi connectivity index (χ0v) is 13.7. The molecule has 2 heterocycles. The van der Waals surface area contributed by atoms with E-state index in [0.29, 0.717) is 0 Å². The Morgan fingerprint density at radius 2 is 1.96 bits per heavy atom. The van der Waals surface area contributed by atoms with E-state index in [-0.39, 0.29) is 11.3 Å². The van der Waals surface area contributed by atoms with Gasteiger partial charge in [0.1, 0.15) is 5.15 Å². The summed E-state index contributed by atoms with van der Waals surface area (Å²) in [4.78, 5) is 16.9. The molecule has 2 aromatic heterocycles. The van der Waals surface area contributed by atoms with E-state index in [1.54, 1.807) is 20.8 Å². The largest absolute Gasteiger partial charge is 0.452 e. The highest BCUT2D eigenvalue weighted by Crippen LogP contribution is 2.37. The lowest BCUT2D eigenvalue weighted by molar-refractivity contribution is -0.140. The molecule has 2 aromatic rings. The molecule has 0 radical (unpaired) electrons. The van der Waals surface area contributed by atoms with E-state index < -0.39 is 28.7 Å². The third-order valence-corrected chi connectivity index (χ3v) is 3.47. The normalized spacial score (nSPS) is 12.5. The molecule has 1 amide bonds. The first-order chi connectivity index (χ1) is 10.5. The Morgan fingerprint density at radius 3 is 2.43 bits per heavy atom. The van der Waals surface area contributed by atoms with Gasteiger partial charge in [0.05, 0.1) is 12.8 Å². The van der Waals surface area contributed by atoms with Gasteiger partial charge in [0.25, 0.3) is 0 Å². The first-order valence-electron chi connectivity index (χ1n) is 6.60. The van der Waals surface area contributed by atoms with Crippen LogP contribution in [0.4, 0.5) is 23.7 Å². The minimum atomic E-state index is -4.70. The van der Waals surface area contributed by atoms with Crippen LogP contribution in [0.5, 0.6) is 0 Å². The number of alkyl halides is 3. The van der Waals surface area contributed by atoms with Gasteiger partial charge in [0, 0.05) is 11.7 Å². The Labute approximate surface area is 135 Å². The minimum Gasteiger partial charge on any atom is -0.452 e. The molecule has 0 fully saturated rings. The van der Waals surface area contributed by atoms with Crippen molar-refractivity contribution < 1.29 is 22.7 Å². The van der Waals surface area contributed by atoms with E-state index in [4.69, 9.17) is 16.3 Å². The molecule has 0 bridgehead atoms. The van der Waals surface area contributed by atoms with Crippen LogP contribution in [0.3, 0.4) is 0 Å². The van der Waals surface area contributed by atoms with Crippen molar-refractivity contribution in [3.05, 3.63) is 29.2 Å². The summed E-state index contributed by atoms with van der Waals surface area (Å²) in [5, 5.41) is -0.562. The fourth-order valence-corrected chi connectivity index (χ4v) is 2.49. The number of amides is 1. The number of nitrogens with zero attached hydrogens (tertiary/aromatic N) is 3. The number of hydrogen-bond acceptors (Lipinski definition) is 3. The second-order valence-electron chi connectivity index (χ2n) is 5.81. The number of carbonyl (C=O) groups is 1. The summed E-state index contributed by atoms with van der Waals surface area (Å²) >= 11 is 5.79. The van der Waals surface area contributed by atoms with Crippen LogP contribution in [0.15, 0.2) is 18.3 Å². The summed E-state index contributed by atoms with van der Waals surface area (Å²) in [5.41, 5.74) is -1.86. The van der Waals surface area contributed by atoms with E-state index in [1.165, 1.54) is 30.3 Å². The van der Waals surface area contributed by atoms with Crippen LogP contribution < -0.4 is 4.90 Å². The number of fused-ring (bicyclic) bond motifs is 1. The number of hydrogen-bond donors (Lipinski definition) is 0. The average molecular weight is 350 g/mol. The maximum atomic E-state index is 13.0. The zero-order valence-electron chi connectivity index (χ0n) is 12.9.